The molecule has 0 aliphatic rings. The van der Waals surface area contributed by atoms with Crippen LogP contribution in [0.25, 0.3) is 10.9 Å². The van der Waals surface area contributed by atoms with Gasteiger partial charge in [-0.25, -0.2) is 4.98 Å². The fourth-order valence-electron chi connectivity index (χ4n) is 3.18. The maximum Gasteiger partial charge on any atom is 0.219 e. The summed E-state index contributed by atoms with van der Waals surface area (Å²) in [6, 6.07) is 21.7. The van der Waals surface area contributed by atoms with Crippen molar-refractivity contribution in [1.82, 2.24) is 9.97 Å². The number of anilines is 1. The van der Waals surface area contributed by atoms with E-state index in [9.17, 15) is 0 Å². The van der Waals surface area contributed by atoms with E-state index in [1.807, 2.05) is 60.8 Å². The lowest BCUT2D eigenvalue weighted by atomic mass is 10.1. The molecule has 0 saturated heterocycles. The Kier molecular flexibility index (Phi) is 4.99. The molecule has 5 heteroatoms. The average Bonchev–Trinajstić information content (AvgIpc) is 3.14. The van der Waals surface area contributed by atoms with Crippen LogP contribution >= 0.6 is 11.6 Å². The summed E-state index contributed by atoms with van der Waals surface area (Å²) in [5, 5.41) is 1.16. The SMILES string of the molecule is CCN(c1c[nH]c2ccccc12)C(Cl)c1cccc(Oc2ccccn2)c1. The van der Waals surface area contributed by atoms with Crippen LogP contribution < -0.4 is 9.64 Å². The second-order valence-corrected chi connectivity index (χ2v) is 6.60. The molecule has 4 aromatic rings. The van der Waals surface area contributed by atoms with Gasteiger partial charge in [-0.05, 0) is 36.8 Å². The van der Waals surface area contributed by atoms with E-state index in [2.05, 4.69) is 33.9 Å². The van der Waals surface area contributed by atoms with E-state index in [-0.39, 0.29) is 5.50 Å². The minimum atomic E-state index is -0.318. The standard InChI is InChI=1S/C22H20ClN3O/c1-2-26(20-15-25-19-11-4-3-10-18(19)20)22(23)16-8-7-9-17(14-16)27-21-12-5-6-13-24-21/h3-15,22,25H,2H2,1H3. The van der Waals surface area contributed by atoms with Crippen LogP contribution in [0.5, 0.6) is 11.6 Å². The number of aromatic amines is 1. The summed E-state index contributed by atoms with van der Waals surface area (Å²) >= 11 is 6.88. The van der Waals surface area contributed by atoms with Gasteiger partial charge in [0.1, 0.15) is 11.3 Å². The third-order valence-electron chi connectivity index (χ3n) is 4.48. The minimum absolute atomic E-state index is 0.318. The number of alkyl halides is 1. The zero-order valence-electron chi connectivity index (χ0n) is 15.0. The molecule has 0 amide bonds. The van der Waals surface area contributed by atoms with Crippen LogP contribution in [-0.4, -0.2) is 16.5 Å². The van der Waals surface area contributed by atoms with E-state index in [4.69, 9.17) is 16.3 Å². The normalized spacial score (nSPS) is 12.1. The highest BCUT2D eigenvalue weighted by Crippen LogP contribution is 2.36. The Hall–Kier alpha value is -2.98. The van der Waals surface area contributed by atoms with Crippen molar-refractivity contribution in [3.05, 3.63) is 84.7 Å². The Morgan fingerprint density at radius 3 is 2.74 bits per heavy atom. The second kappa shape index (κ2) is 7.72. The maximum atomic E-state index is 6.88. The molecular weight excluding hydrogens is 358 g/mol. The number of hydrogen-bond donors (Lipinski definition) is 1. The lowest BCUT2D eigenvalue weighted by Gasteiger charge is -2.28. The second-order valence-electron chi connectivity index (χ2n) is 6.18. The molecule has 0 spiro atoms. The van der Waals surface area contributed by atoms with E-state index in [1.54, 1.807) is 6.20 Å². The van der Waals surface area contributed by atoms with Gasteiger partial charge < -0.3 is 14.6 Å². The molecule has 136 valence electrons. The number of para-hydroxylation sites is 1. The van der Waals surface area contributed by atoms with Gasteiger partial charge in [-0.2, -0.15) is 0 Å². The highest BCUT2D eigenvalue weighted by molar-refractivity contribution is 6.22. The van der Waals surface area contributed by atoms with Gasteiger partial charge >= 0.3 is 0 Å². The number of pyridine rings is 1. The van der Waals surface area contributed by atoms with Crippen LogP contribution in [-0.2, 0) is 0 Å². The summed E-state index contributed by atoms with van der Waals surface area (Å²) in [5.41, 5.74) is 2.84. The first kappa shape index (κ1) is 17.4. The van der Waals surface area contributed by atoms with Crippen LogP contribution in [0.15, 0.2) is 79.1 Å². The van der Waals surface area contributed by atoms with E-state index in [0.717, 1.165) is 28.7 Å². The quantitative estimate of drug-likeness (QED) is 0.325. The van der Waals surface area contributed by atoms with E-state index < -0.39 is 0 Å². The number of nitrogens with zero attached hydrogens (tertiary/aromatic N) is 2. The van der Waals surface area contributed by atoms with Gasteiger partial charge in [0, 0.05) is 35.9 Å². The number of rotatable bonds is 6. The van der Waals surface area contributed by atoms with Gasteiger partial charge in [-0.1, -0.05) is 48.0 Å². The number of benzene rings is 2. The fraction of sp³-hybridized carbons (Fsp3) is 0.136. The van der Waals surface area contributed by atoms with Gasteiger partial charge in [0.2, 0.25) is 5.88 Å². The maximum absolute atomic E-state index is 6.88. The molecule has 2 aromatic carbocycles. The van der Waals surface area contributed by atoms with Crippen molar-refractivity contribution in [3.63, 3.8) is 0 Å². The Balaban J connectivity index is 1.63. The van der Waals surface area contributed by atoms with E-state index >= 15 is 0 Å². The van der Waals surface area contributed by atoms with Crippen LogP contribution in [0.1, 0.15) is 18.0 Å². The van der Waals surface area contributed by atoms with Gasteiger partial charge in [0.05, 0.1) is 5.69 Å². The lowest BCUT2D eigenvalue weighted by Crippen LogP contribution is -2.24. The van der Waals surface area contributed by atoms with Crippen molar-refractivity contribution in [2.24, 2.45) is 0 Å². The number of ether oxygens (including phenoxy) is 1. The first-order valence-corrected chi connectivity index (χ1v) is 9.35. The molecule has 27 heavy (non-hydrogen) atoms. The summed E-state index contributed by atoms with van der Waals surface area (Å²) in [7, 11) is 0. The van der Waals surface area contributed by atoms with Crippen molar-refractivity contribution in [2.45, 2.75) is 12.4 Å². The van der Waals surface area contributed by atoms with Crippen molar-refractivity contribution >= 4 is 28.2 Å². The molecule has 0 radical (unpaired) electrons. The summed E-state index contributed by atoms with van der Waals surface area (Å²) < 4.78 is 5.85. The average molecular weight is 378 g/mol. The first-order valence-electron chi connectivity index (χ1n) is 8.92. The van der Waals surface area contributed by atoms with Crippen molar-refractivity contribution in [2.75, 3.05) is 11.4 Å². The molecule has 4 rings (SSSR count). The third-order valence-corrected chi connectivity index (χ3v) is 4.97. The molecule has 0 fully saturated rings. The molecule has 1 unspecified atom stereocenters. The summed E-state index contributed by atoms with van der Waals surface area (Å²) in [6.45, 7) is 2.88. The topological polar surface area (TPSA) is 41.2 Å². The molecule has 0 aliphatic heterocycles. The van der Waals surface area contributed by atoms with E-state index in [1.165, 1.54) is 0 Å². The smallest absolute Gasteiger partial charge is 0.219 e. The highest BCUT2D eigenvalue weighted by atomic mass is 35.5. The van der Waals surface area contributed by atoms with Gasteiger partial charge in [-0.3, -0.25) is 0 Å². The van der Waals surface area contributed by atoms with Gasteiger partial charge in [0.25, 0.3) is 0 Å². The number of H-pyrrole nitrogens is 1. The molecule has 1 N–H and O–H groups in total. The molecule has 1 atom stereocenters. The van der Waals surface area contributed by atoms with Crippen molar-refractivity contribution in [1.29, 1.82) is 0 Å². The highest BCUT2D eigenvalue weighted by Gasteiger charge is 2.20. The fourth-order valence-corrected chi connectivity index (χ4v) is 3.56. The molecule has 0 bridgehead atoms. The summed E-state index contributed by atoms with van der Waals surface area (Å²) in [5.74, 6) is 1.27. The Bertz CT molecular complexity index is 1030. The molecule has 0 aliphatic carbocycles. The van der Waals surface area contributed by atoms with Gasteiger partial charge in [0.15, 0.2) is 0 Å². The predicted molar refractivity (Wildman–Crippen MR) is 111 cm³/mol. The molecule has 2 heterocycles. The largest absolute Gasteiger partial charge is 0.439 e. The molecular formula is C22H20ClN3O. The lowest BCUT2D eigenvalue weighted by molar-refractivity contribution is 0.462. The monoisotopic (exact) mass is 377 g/mol. The Morgan fingerprint density at radius 2 is 1.93 bits per heavy atom. The number of hydrogen-bond acceptors (Lipinski definition) is 3. The Labute approximate surface area is 163 Å². The van der Waals surface area contributed by atoms with Crippen molar-refractivity contribution < 1.29 is 4.74 Å². The zero-order chi connectivity index (χ0) is 18.6. The number of halogens is 1. The number of fused-ring (bicyclic) bond motifs is 1. The summed E-state index contributed by atoms with van der Waals surface area (Å²) in [4.78, 5) is 9.69. The number of aromatic nitrogens is 2. The minimum Gasteiger partial charge on any atom is -0.439 e. The summed E-state index contributed by atoms with van der Waals surface area (Å²) in [6.07, 6.45) is 3.72. The van der Waals surface area contributed by atoms with Crippen LogP contribution in [0.4, 0.5) is 5.69 Å². The van der Waals surface area contributed by atoms with Crippen LogP contribution in [0.2, 0.25) is 0 Å². The zero-order valence-corrected chi connectivity index (χ0v) is 15.7. The van der Waals surface area contributed by atoms with Crippen LogP contribution in [0.3, 0.4) is 0 Å². The predicted octanol–water partition coefficient (Wildman–Crippen LogP) is 6.12. The van der Waals surface area contributed by atoms with Crippen LogP contribution in [0, 0.1) is 0 Å². The molecule has 0 saturated carbocycles. The first-order chi connectivity index (χ1) is 13.3. The molecule has 2 aromatic heterocycles. The van der Waals surface area contributed by atoms with Gasteiger partial charge in [-0.15, -0.1) is 0 Å². The molecule has 4 nitrogen and oxygen atoms in total. The van der Waals surface area contributed by atoms with E-state index in [0.29, 0.717) is 11.6 Å². The third kappa shape index (κ3) is 3.62. The number of nitrogens with one attached hydrogen (secondary N) is 1. The Morgan fingerprint density at radius 1 is 1.07 bits per heavy atom. The van der Waals surface area contributed by atoms with Crippen molar-refractivity contribution in [3.8, 4) is 11.6 Å².